The number of aliphatic imine (C=N–C) groups is 1. The number of hydrogen-bond acceptors (Lipinski definition) is 4. The highest BCUT2D eigenvalue weighted by molar-refractivity contribution is 7.09. The molecule has 1 aromatic rings. The van der Waals surface area contributed by atoms with Gasteiger partial charge in [-0.15, -0.1) is 11.3 Å². The molecule has 2 heterocycles. The van der Waals surface area contributed by atoms with Crippen molar-refractivity contribution in [2.45, 2.75) is 52.1 Å². The number of hydrogen-bond donors (Lipinski definition) is 1. The molecule has 2 unspecified atom stereocenters. The minimum atomic E-state index is 0.128. The molecule has 0 saturated heterocycles. The third-order valence-electron chi connectivity index (χ3n) is 4.36. The molecule has 0 amide bonds. The van der Waals surface area contributed by atoms with E-state index in [1.807, 2.05) is 0 Å². The Morgan fingerprint density at radius 2 is 2.32 bits per heavy atom. The fourth-order valence-corrected chi connectivity index (χ4v) is 3.56. The van der Waals surface area contributed by atoms with Crippen molar-refractivity contribution in [3.05, 3.63) is 22.4 Å². The van der Waals surface area contributed by atoms with Crippen LogP contribution in [0.2, 0.25) is 0 Å². The summed E-state index contributed by atoms with van der Waals surface area (Å²) in [6.45, 7) is 8.60. The molecular formula is C15H25N3S. The lowest BCUT2D eigenvalue weighted by atomic mass is 9.84. The van der Waals surface area contributed by atoms with Gasteiger partial charge < -0.3 is 10.6 Å². The minimum absolute atomic E-state index is 0.128. The van der Waals surface area contributed by atoms with E-state index >= 15 is 0 Å². The Labute approximate surface area is 120 Å². The average Bonchev–Trinajstić information content (AvgIpc) is 3.02. The lowest BCUT2D eigenvalue weighted by Crippen LogP contribution is -2.51. The Hall–Kier alpha value is -1.03. The maximum atomic E-state index is 6.14. The van der Waals surface area contributed by atoms with Gasteiger partial charge in [0.05, 0.1) is 18.6 Å². The topological polar surface area (TPSA) is 41.6 Å². The van der Waals surface area contributed by atoms with Crippen LogP contribution in [0, 0.1) is 5.92 Å². The third-order valence-corrected chi connectivity index (χ3v) is 5.22. The van der Waals surface area contributed by atoms with Crippen molar-refractivity contribution in [1.29, 1.82) is 0 Å². The van der Waals surface area contributed by atoms with Gasteiger partial charge in [0.15, 0.2) is 5.96 Å². The fraction of sp³-hybridized carbons (Fsp3) is 0.667. The van der Waals surface area contributed by atoms with E-state index in [0.717, 1.165) is 25.5 Å². The molecule has 3 nitrogen and oxygen atoms in total. The van der Waals surface area contributed by atoms with Gasteiger partial charge in [-0.3, -0.25) is 4.99 Å². The molecule has 0 aromatic carbocycles. The van der Waals surface area contributed by atoms with Crippen molar-refractivity contribution >= 4 is 17.3 Å². The van der Waals surface area contributed by atoms with E-state index < -0.39 is 0 Å². The summed E-state index contributed by atoms with van der Waals surface area (Å²) in [5.74, 6) is 1.44. The van der Waals surface area contributed by atoms with Gasteiger partial charge in [0.2, 0.25) is 0 Å². The zero-order valence-corrected chi connectivity index (χ0v) is 13.0. The second-order valence-corrected chi connectivity index (χ2v) is 6.67. The molecule has 1 aliphatic rings. The summed E-state index contributed by atoms with van der Waals surface area (Å²) in [7, 11) is 0. The van der Waals surface area contributed by atoms with Gasteiger partial charge >= 0.3 is 0 Å². The monoisotopic (exact) mass is 279 g/mol. The molecule has 106 valence electrons. The van der Waals surface area contributed by atoms with E-state index in [1.165, 1.54) is 17.7 Å². The molecule has 2 rings (SSSR count). The molecule has 0 bridgehead atoms. The highest BCUT2D eigenvalue weighted by Crippen LogP contribution is 2.34. The number of thiophene rings is 1. The molecule has 1 aromatic heterocycles. The molecule has 2 N–H and O–H groups in total. The molecule has 19 heavy (non-hydrogen) atoms. The Balaban J connectivity index is 2.17. The summed E-state index contributed by atoms with van der Waals surface area (Å²) in [5, 5.41) is 2.13. The van der Waals surface area contributed by atoms with Crippen molar-refractivity contribution in [1.82, 2.24) is 4.90 Å². The first-order valence-electron chi connectivity index (χ1n) is 7.21. The van der Waals surface area contributed by atoms with Gasteiger partial charge in [-0.25, -0.2) is 0 Å². The maximum absolute atomic E-state index is 6.14. The van der Waals surface area contributed by atoms with Crippen LogP contribution in [0.15, 0.2) is 22.5 Å². The quantitative estimate of drug-likeness (QED) is 0.866. The molecule has 0 spiro atoms. The normalized spacial score (nSPS) is 24.6. The van der Waals surface area contributed by atoms with Gasteiger partial charge in [0, 0.05) is 4.88 Å². The zero-order chi connectivity index (χ0) is 13.9. The SMILES string of the molecule is CCC(C)CC1(CC)CN=C(N)N1Cc1cccs1. The third kappa shape index (κ3) is 2.94. The fourth-order valence-electron chi connectivity index (χ4n) is 2.86. The van der Waals surface area contributed by atoms with Crippen LogP contribution >= 0.6 is 11.3 Å². The Morgan fingerprint density at radius 1 is 1.53 bits per heavy atom. The first-order chi connectivity index (χ1) is 9.11. The van der Waals surface area contributed by atoms with Gasteiger partial charge in [-0.2, -0.15) is 0 Å². The van der Waals surface area contributed by atoms with E-state index in [9.17, 15) is 0 Å². The van der Waals surface area contributed by atoms with Gasteiger partial charge in [0.1, 0.15) is 0 Å². The number of guanidine groups is 1. The van der Waals surface area contributed by atoms with Crippen LogP contribution in [0.3, 0.4) is 0 Å². The minimum Gasteiger partial charge on any atom is -0.370 e. The first-order valence-corrected chi connectivity index (χ1v) is 8.09. The van der Waals surface area contributed by atoms with Crippen LogP contribution in [-0.4, -0.2) is 22.9 Å². The largest absolute Gasteiger partial charge is 0.370 e. The van der Waals surface area contributed by atoms with Crippen LogP contribution in [0.5, 0.6) is 0 Å². The van der Waals surface area contributed by atoms with E-state index in [-0.39, 0.29) is 5.54 Å². The van der Waals surface area contributed by atoms with Gasteiger partial charge in [-0.1, -0.05) is 33.3 Å². The van der Waals surface area contributed by atoms with Crippen LogP contribution in [0.25, 0.3) is 0 Å². The molecule has 0 aliphatic carbocycles. The summed E-state index contributed by atoms with van der Waals surface area (Å²) < 4.78 is 0. The molecule has 1 aliphatic heterocycles. The Bertz CT molecular complexity index is 427. The Morgan fingerprint density at radius 3 is 2.89 bits per heavy atom. The summed E-state index contributed by atoms with van der Waals surface area (Å²) in [6.07, 6.45) is 3.50. The van der Waals surface area contributed by atoms with Crippen molar-refractivity contribution < 1.29 is 0 Å². The highest BCUT2D eigenvalue weighted by atomic mass is 32.1. The van der Waals surface area contributed by atoms with Crippen molar-refractivity contribution in [2.24, 2.45) is 16.6 Å². The number of nitrogens with two attached hydrogens (primary N) is 1. The highest BCUT2D eigenvalue weighted by Gasteiger charge is 2.41. The van der Waals surface area contributed by atoms with Crippen molar-refractivity contribution in [3.63, 3.8) is 0 Å². The Kier molecular flexibility index (Phi) is 4.50. The smallest absolute Gasteiger partial charge is 0.192 e. The predicted octanol–water partition coefficient (Wildman–Crippen LogP) is 3.46. The lowest BCUT2D eigenvalue weighted by molar-refractivity contribution is 0.149. The zero-order valence-electron chi connectivity index (χ0n) is 12.2. The first kappa shape index (κ1) is 14.4. The van der Waals surface area contributed by atoms with E-state index in [0.29, 0.717) is 5.92 Å². The molecule has 0 fully saturated rings. The van der Waals surface area contributed by atoms with E-state index in [2.05, 4.69) is 48.2 Å². The number of rotatable bonds is 6. The van der Waals surface area contributed by atoms with Crippen molar-refractivity contribution in [3.8, 4) is 0 Å². The van der Waals surface area contributed by atoms with Crippen LogP contribution in [-0.2, 0) is 6.54 Å². The van der Waals surface area contributed by atoms with Crippen LogP contribution in [0.4, 0.5) is 0 Å². The van der Waals surface area contributed by atoms with Crippen LogP contribution < -0.4 is 5.73 Å². The summed E-state index contributed by atoms with van der Waals surface area (Å²) in [6, 6.07) is 4.28. The molecule has 4 heteroatoms. The molecule has 0 saturated carbocycles. The number of nitrogens with zero attached hydrogens (tertiary/aromatic N) is 2. The van der Waals surface area contributed by atoms with Crippen molar-refractivity contribution in [2.75, 3.05) is 6.54 Å². The maximum Gasteiger partial charge on any atom is 0.192 e. The van der Waals surface area contributed by atoms with Gasteiger partial charge in [0.25, 0.3) is 0 Å². The molecule has 0 radical (unpaired) electrons. The molecular weight excluding hydrogens is 254 g/mol. The standard InChI is InChI=1S/C15H25N3S/c1-4-12(3)9-15(5-2)11-17-14(16)18(15)10-13-7-6-8-19-13/h6-8,12H,4-5,9-11H2,1-3H3,(H2,16,17). The predicted molar refractivity (Wildman–Crippen MR) is 83.4 cm³/mol. The summed E-state index contributed by atoms with van der Waals surface area (Å²) in [4.78, 5) is 8.24. The summed E-state index contributed by atoms with van der Waals surface area (Å²) >= 11 is 1.80. The van der Waals surface area contributed by atoms with Gasteiger partial charge in [-0.05, 0) is 30.2 Å². The second kappa shape index (κ2) is 5.95. The average molecular weight is 279 g/mol. The van der Waals surface area contributed by atoms with E-state index in [4.69, 9.17) is 5.73 Å². The lowest BCUT2D eigenvalue weighted by Gasteiger charge is -2.40. The van der Waals surface area contributed by atoms with E-state index in [1.54, 1.807) is 11.3 Å². The molecule has 2 atom stereocenters. The summed E-state index contributed by atoms with van der Waals surface area (Å²) in [5.41, 5.74) is 6.27. The second-order valence-electron chi connectivity index (χ2n) is 5.64. The van der Waals surface area contributed by atoms with Crippen LogP contribution in [0.1, 0.15) is 44.9 Å².